The van der Waals surface area contributed by atoms with Gasteiger partial charge in [-0.1, -0.05) is 0 Å². The second-order valence-electron chi connectivity index (χ2n) is 4.02. The van der Waals surface area contributed by atoms with Gasteiger partial charge in [0.2, 0.25) is 5.91 Å². The maximum absolute atomic E-state index is 11.4. The minimum atomic E-state index is 0.137. The van der Waals surface area contributed by atoms with Gasteiger partial charge in [-0.05, 0) is 25.2 Å². The van der Waals surface area contributed by atoms with E-state index in [9.17, 15) is 4.79 Å². The molecule has 0 saturated carbocycles. The maximum atomic E-state index is 11.4. The quantitative estimate of drug-likeness (QED) is 0.655. The van der Waals surface area contributed by atoms with Crippen molar-refractivity contribution in [3.8, 4) is 0 Å². The Kier molecular flexibility index (Phi) is 6.36. The normalized spacial score (nSPS) is 21.3. The zero-order valence-corrected chi connectivity index (χ0v) is 9.50. The highest BCUT2D eigenvalue weighted by Gasteiger charge is 2.14. The zero-order chi connectivity index (χ0) is 10.9. The van der Waals surface area contributed by atoms with Crippen molar-refractivity contribution in [3.63, 3.8) is 0 Å². The molecule has 0 aliphatic carbocycles. The molecule has 0 bridgehead atoms. The Balaban J connectivity index is 2.00. The fraction of sp³-hybridized carbons (Fsp3) is 0.909. The highest BCUT2D eigenvalue weighted by Crippen LogP contribution is 2.16. The lowest BCUT2D eigenvalue weighted by Gasteiger charge is -2.20. The molecule has 4 nitrogen and oxygen atoms in total. The van der Waals surface area contributed by atoms with Crippen LogP contribution in [0.1, 0.15) is 25.7 Å². The Bertz CT molecular complexity index is 179. The fourth-order valence-corrected chi connectivity index (χ4v) is 1.81. The number of ether oxygens (including phenoxy) is 1. The molecule has 1 saturated heterocycles. The number of amides is 1. The third-order valence-electron chi connectivity index (χ3n) is 2.72. The molecule has 1 aliphatic rings. The molecular weight excluding hydrogens is 192 g/mol. The lowest BCUT2D eigenvalue weighted by molar-refractivity contribution is -0.121. The minimum absolute atomic E-state index is 0.137. The highest BCUT2D eigenvalue weighted by atomic mass is 16.5. The van der Waals surface area contributed by atoms with Gasteiger partial charge in [0.1, 0.15) is 0 Å². The van der Waals surface area contributed by atoms with Crippen LogP contribution in [-0.4, -0.2) is 39.3 Å². The van der Waals surface area contributed by atoms with Gasteiger partial charge in [0, 0.05) is 33.2 Å². The predicted octanol–water partition coefficient (Wildman–Crippen LogP) is 0.544. The van der Waals surface area contributed by atoms with Crippen LogP contribution in [-0.2, 0) is 9.53 Å². The first-order chi connectivity index (χ1) is 7.33. The van der Waals surface area contributed by atoms with Crippen molar-refractivity contribution in [1.82, 2.24) is 10.6 Å². The SMILES string of the molecule is COCCNC(=O)CCC1CCC[N]C1. The summed E-state index contributed by atoms with van der Waals surface area (Å²) in [5, 5.41) is 7.19. The summed E-state index contributed by atoms with van der Waals surface area (Å²) in [5.74, 6) is 0.768. The number of hydrogen-bond acceptors (Lipinski definition) is 2. The second kappa shape index (κ2) is 7.65. The molecule has 0 aromatic rings. The highest BCUT2D eigenvalue weighted by molar-refractivity contribution is 5.75. The average molecular weight is 213 g/mol. The monoisotopic (exact) mass is 213 g/mol. The molecule has 1 rings (SSSR count). The van der Waals surface area contributed by atoms with E-state index < -0.39 is 0 Å². The standard InChI is InChI=1S/C11H21N2O2/c1-15-8-7-13-11(14)5-4-10-3-2-6-12-9-10/h10H,2-9H2,1H3,(H,13,14). The van der Waals surface area contributed by atoms with Crippen molar-refractivity contribution in [3.05, 3.63) is 0 Å². The van der Waals surface area contributed by atoms with Crippen LogP contribution >= 0.6 is 0 Å². The van der Waals surface area contributed by atoms with Gasteiger partial charge < -0.3 is 10.1 Å². The van der Waals surface area contributed by atoms with E-state index in [1.165, 1.54) is 12.8 Å². The summed E-state index contributed by atoms with van der Waals surface area (Å²) in [6, 6.07) is 0. The molecule has 1 fully saturated rings. The lowest BCUT2D eigenvalue weighted by atomic mass is 9.94. The van der Waals surface area contributed by atoms with Crippen molar-refractivity contribution < 1.29 is 9.53 Å². The van der Waals surface area contributed by atoms with Gasteiger partial charge >= 0.3 is 0 Å². The molecule has 1 atom stereocenters. The summed E-state index contributed by atoms with van der Waals surface area (Å²) in [5.41, 5.74) is 0. The van der Waals surface area contributed by atoms with Crippen LogP contribution in [0, 0.1) is 5.92 Å². The van der Waals surface area contributed by atoms with E-state index in [0.717, 1.165) is 19.5 Å². The second-order valence-corrected chi connectivity index (χ2v) is 4.02. The molecule has 0 aromatic heterocycles. The number of hydrogen-bond donors (Lipinski definition) is 1. The van der Waals surface area contributed by atoms with Crippen LogP contribution < -0.4 is 10.6 Å². The van der Waals surface area contributed by atoms with E-state index in [0.29, 0.717) is 25.5 Å². The van der Waals surface area contributed by atoms with Crippen LogP contribution in [0.2, 0.25) is 0 Å². The number of piperidine rings is 1. The largest absolute Gasteiger partial charge is 0.383 e. The summed E-state index contributed by atoms with van der Waals surface area (Å²) in [7, 11) is 1.63. The first kappa shape index (κ1) is 12.5. The van der Waals surface area contributed by atoms with Crippen molar-refractivity contribution >= 4 is 5.91 Å². The number of nitrogens with one attached hydrogen (secondary N) is 1. The minimum Gasteiger partial charge on any atom is -0.383 e. The number of carbonyl (C=O) groups is 1. The van der Waals surface area contributed by atoms with Crippen molar-refractivity contribution in [2.75, 3.05) is 33.4 Å². The first-order valence-electron chi connectivity index (χ1n) is 5.72. The van der Waals surface area contributed by atoms with Crippen LogP contribution in [0.15, 0.2) is 0 Å². The number of carbonyl (C=O) groups excluding carboxylic acids is 1. The van der Waals surface area contributed by atoms with Gasteiger partial charge in [-0.2, -0.15) is 0 Å². The van der Waals surface area contributed by atoms with E-state index in [4.69, 9.17) is 4.74 Å². The molecular formula is C11H21N2O2. The Morgan fingerprint density at radius 3 is 3.13 bits per heavy atom. The summed E-state index contributed by atoms with van der Waals surface area (Å²) >= 11 is 0. The van der Waals surface area contributed by atoms with Gasteiger partial charge in [-0.15, -0.1) is 0 Å². The smallest absolute Gasteiger partial charge is 0.220 e. The topological polar surface area (TPSA) is 52.4 Å². The van der Waals surface area contributed by atoms with Gasteiger partial charge in [-0.3, -0.25) is 4.79 Å². The molecule has 1 unspecified atom stereocenters. The van der Waals surface area contributed by atoms with E-state index >= 15 is 0 Å². The summed E-state index contributed by atoms with van der Waals surface area (Å²) < 4.78 is 4.86. The van der Waals surface area contributed by atoms with E-state index in [-0.39, 0.29) is 5.91 Å². The van der Waals surface area contributed by atoms with Crippen molar-refractivity contribution in [1.29, 1.82) is 0 Å². The molecule has 15 heavy (non-hydrogen) atoms. The maximum Gasteiger partial charge on any atom is 0.220 e. The lowest BCUT2D eigenvalue weighted by Crippen LogP contribution is -2.29. The van der Waals surface area contributed by atoms with Crippen LogP contribution in [0.3, 0.4) is 0 Å². The fourth-order valence-electron chi connectivity index (χ4n) is 1.81. The first-order valence-corrected chi connectivity index (χ1v) is 5.72. The van der Waals surface area contributed by atoms with Crippen molar-refractivity contribution in [2.24, 2.45) is 5.92 Å². The van der Waals surface area contributed by atoms with Crippen molar-refractivity contribution in [2.45, 2.75) is 25.7 Å². The molecule has 1 radical (unpaired) electrons. The third kappa shape index (κ3) is 5.74. The molecule has 1 N–H and O–H groups in total. The Morgan fingerprint density at radius 1 is 1.60 bits per heavy atom. The molecule has 4 heteroatoms. The van der Waals surface area contributed by atoms with E-state index in [1.807, 2.05) is 0 Å². The molecule has 1 heterocycles. The van der Waals surface area contributed by atoms with Gasteiger partial charge in [-0.25, -0.2) is 5.32 Å². The third-order valence-corrected chi connectivity index (χ3v) is 2.72. The molecule has 0 aromatic carbocycles. The summed E-state index contributed by atoms with van der Waals surface area (Å²) in [6.45, 7) is 3.16. The molecule has 0 spiro atoms. The van der Waals surface area contributed by atoms with E-state index in [1.54, 1.807) is 7.11 Å². The van der Waals surface area contributed by atoms with E-state index in [2.05, 4.69) is 10.6 Å². The zero-order valence-electron chi connectivity index (χ0n) is 9.50. The van der Waals surface area contributed by atoms with Gasteiger partial charge in [0.05, 0.1) is 6.61 Å². The van der Waals surface area contributed by atoms with Crippen LogP contribution in [0.4, 0.5) is 0 Å². The summed E-state index contributed by atoms with van der Waals surface area (Å²) in [6.07, 6.45) is 4.02. The molecule has 1 aliphatic heterocycles. The number of rotatable bonds is 6. The number of methoxy groups -OCH3 is 1. The number of nitrogens with zero attached hydrogens (tertiary/aromatic N) is 1. The molecule has 87 valence electrons. The Labute approximate surface area is 91.8 Å². The van der Waals surface area contributed by atoms with Gasteiger partial charge in [0.15, 0.2) is 0 Å². The predicted molar refractivity (Wildman–Crippen MR) is 58.7 cm³/mol. The Morgan fingerprint density at radius 2 is 2.47 bits per heavy atom. The average Bonchev–Trinajstić information content (AvgIpc) is 2.28. The van der Waals surface area contributed by atoms with Crippen LogP contribution in [0.5, 0.6) is 0 Å². The molecule has 1 amide bonds. The van der Waals surface area contributed by atoms with Crippen LogP contribution in [0.25, 0.3) is 0 Å². The van der Waals surface area contributed by atoms with Gasteiger partial charge in [0.25, 0.3) is 0 Å². The Hall–Kier alpha value is -0.610. The summed E-state index contributed by atoms with van der Waals surface area (Å²) in [4.78, 5) is 11.4.